The maximum Gasteiger partial charge on any atom is 0.228 e. The number of imidazole rings is 1. The van der Waals surface area contributed by atoms with Gasteiger partial charge in [-0.2, -0.15) is 0 Å². The predicted molar refractivity (Wildman–Crippen MR) is 104 cm³/mol. The number of amides is 1. The number of aliphatic hydroxyl groups excluding tert-OH is 1. The molecule has 3 heterocycles. The molecule has 1 aliphatic rings. The zero-order chi connectivity index (χ0) is 18.5. The summed E-state index contributed by atoms with van der Waals surface area (Å²) in [5.74, 6) is 0.767. The highest BCUT2D eigenvalue weighted by Gasteiger charge is 2.30. The third kappa shape index (κ3) is 2.69. The van der Waals surface area contributed by atoms with Crippen LogP contribution >= 0.6 is 0 Å². The molecule has 1 aromatic carbocycles. The molecule has 6 heteroatoms. The van der Waals surface area contributed by atoms with E-state index in [1.165, 1.54) is 0 Å². The number of aromatic amines is 1. The number of nitrogens with zero attached hydrogens (tertiary/aromatic N) is 2. The summed E-state index contributed by atoms with van der Waals surface area (Å²) in [7, 11) is 0. The molecule has 27 heavy (non-hydrogen) atoms. The average molecular weight is 360 g/mol. The van der Waals surface area contributed by atoms with E-state index in [2.05, 4.69) is 22.2 Å². The molecule has 0 atom stereocenters. The van der Waals surface area contributed by atoms with Crippen LogP contribution in [0.4, 0.5) is 5.82 Å². The minimum Gasteiger partial charge on any atom is -0.392 e. The van der Waals surface area contributed by atoms with Crippen molar-refractivity contribution in [1.82, 2.24) is 14.4 Å². The number of benzene rings is 1. The number of aliphatic hydroxyl groups is 1. The third-order valence-corrected chi connectivity index (χ3v) is 5.24. The maximum absolute atomic E-state index is 12.0. The van der Waals surface area contributed by atoms with Crippen molar-refractivity contribution in [1.29, 1.82) is 0 Å². The molecule has 1 amide bonds. The summed E-state index contributed by atoms with van der Waals surface area (Å²) in [6.45, 7) is 2.03. The first-order valence-corrected chi connectivity index (χ1v) is 9.14. The summed E-state index contributed by atoms with van der Waals surface area (Å²) in [6.07, 6.45) is 7.74. The van der Waals surface area contributed by atoms with E-state index in [0.29, 0.717) is 5.82 Å². The molecular formula is C21H20N4O2. The van der Waals surface area contributed by atoms with E-state index in [9.17, 15) is 9.90 Å². The highest BCUT2D eigenvalue weighted by Crippen LogP contribution is 2.35. The quantitative estimate of drug-likeness (QED) is 0.520. The lowest BCUT2D eigenvalue weighted by Gasteiger charge is -2.11. The number of hydrogen-bond donors (Lipinski definition) is 3. The molecule has 0 spiro atoms. The second kappa shape index (κ2) is 5.96. The molecule has 1 saturated carbocycles. The van der Waals surface area contributed by atoms with E-state index in [1.807, 2.05) is 47.3 Å². The van der Waals surface area contributed by atoms with E-state index >= 15 is 0 Å². The Labute approximate surface area is 155 Å². The number of nitrogens with one attached hydrogen (secondary N) is 2. The molecule has 0 aliphatic heterocycles. The minimum absolute atomic E-state index is 0.0272. The molecule has 0 radical (unpaired) electrons. The number of fused-ring (bicyclic) bond motifs is 2. The van der Waals surface area contributed by atoms with Gasteiger partial charge in [-0.25, -0.2) is 4.98 Å². The summed E-state index contributed by atoms with van der Waals surface area (Å²) in [5.41, 5.74) is 5.85. The number of H-pyrrole nitrogens is 1. The van der Waals surface area contributed by atoms with Crippen LogP contribution in [0.5, 0.6) is 0 Å². The van der Waals surface area contributed by atoms with Crippen molar-refractivity contribution in [3.05, 3.63) is 54.0 Å². The number of aromatic nitrogens is 3. The smallest absolute Gasteiger partial charge is 0.228 e. The van der Waals surface area contributed by atoms with Gasteiger partial charge in [-0.3, -0.25) is 4.79 Å². The first-order valence-electron chi connectivity index (χ1n) is 9.14. The van der Waals surface area contributed by atoms with Crippen LogP contribution in [0.3, 0.4) is 0 Å². The van der Waals surface area contributed by atoms with Gasteiger partial charge in [0.25, 0.3) is 0 Å². The molecule has 1 aliphatic carbocycles. The molecule has 5 rings (SSSR count). The van der Waals surface area contributed by atoms with Gasteiger partial charge in [0.1, 0.15) is 5.65 Å². The molecule has 1 fully saturated rings. The van der Waals surface area contributed by atoms with Crippen molar-refractivity contribution in [3.8, 4) is 11.1 Å². The molecular weight excluding hydrogens is 340 g/mol. The van der Waals surface area contributed by atoms with Gasteiger partial charge in [0.15, 0.2) is 5.82 Å². The van der Waals surface area contributed by atoms with Gasteiger partial charge in [-0.1, -0.05) is 6.07 Å². The van der Waals surface area contributed by atoms with E-state index < -0.39 is 0 Å². The molecule has 3 aromatic heterocycles. The molecule has 0 saturated heterocycles. The lowest BCUT2D eigenvalue weighted by atomic mass is 9.95. The summed E-state index contributed by atoms with van der Waals surface area (Å²) in [4.78, 5) is 19.8. The first kappa shape index (κ1) is 16.1. The number of aryl methyl sites for hydroxylation is 1. The SMILES string of the molecule is Cc1c[nH]c2ccc(CO)c(-c3ccc4nc(NC(=O)C5CC5)cn4c3)c12. The summed E-state index contributed by atoms with van der Waals surface area (Å²) >= 11 is 0. The summed E-state index contributed by atoms with van der Waals surface area (Å²) in [5, 5.41) is 13.9. The highest BCUT2D eigenvalue weighted by atomic mass is 16.3. The number of rotatable bonds is 4. The van der Waals surface area contributed by atoms with Crippen molar-refractivity contribution >= 4 is 28.3 Å². The Balaban J connectivity index is 1.62. The Morgan fingerprint density at radius 3 is 2.93 bits per heavy atom. The van der Waals surface area contributed by atoms with E-state index in [-0.39, 0.29) is 18.4 Å². The highest BCUT2D eigenvalue weighted by molar-refractivity contribution is 5.99. The van der Waals surface area contributed by atoms with Crippen LogP contribution in [0.2, 0.25) is 0 Å². The maximum atomic E-state index is 12.0. The van der Waals surface area contributed by atoms with Crippen LogP contribution in [-0.4, -0.2) is 25.4 Å². The number of carbonyl (C=O) groups excluding carboxylic acids is 1. The molecule has 3 N–H and O–H groups in total. The van der Waals surface area contributed by atoms with Crippen LogP contribution in [0.1, 0.15) is 24.0 Å². The van der Waals surface area contributed by atoms with E-state index in [0.717, 1.165) is 51.6 Å². The number of carbonyl (C=O) groups is 1. The topological polar surface area (TPSA) is 82.4 Å². The van der Waals surface area contributed by atoms with Gasteiger partial charge in [0, 0.05) is 29.2 Å². The fourth-order valence-electron chi connectivity index (χ4n) is 3.67. The van der Waals surface area contributed by atoms with Gasteiger partial charge in [-0.05, 0) is 60.2 Å². The van der Waals surface area contributed by atoms with Crippen molar-refractivity contribution in [2.24, 2.45) is 5.92 Å². The average Bonchev–Trinajstić information content (AvgIpc) is 3.36. The molecule has 4 aromatic rings. The second-order valence-electron chi connectivity index (χ2n) is 7.22. The van der Waals surface area contributed by atoms with Crippen LogP contribution in [-0.2, 0) is 11.4 Å². The van der Waals surface area contributed by atoms with E-state index in [4.69, 9.17) is 0 Å². The Morgan fingerprint density at radius 2 is 2.15 bits per heavy atom. The van der Waals surface area contributed by atoms with Crippen LogP contribution in [0.15, 0.2) is 42.9 Å². The largest absolute Gasteiger partial charge is 0.392 e. The molecule has 0 bridgehead atoms. The van der Waals surface area contributed by atoms with Crippen molar-refractivity contribution in [2.45, 2.75) is 26.4 Å². The summed E-state index contributed by atoms with van der Waals surface area (Å²) < 4.78 is 1.92. The Hall–Kier alpha value is -3.12. The van der Waals surface area contributed by atoms with Crippen molar-refractivity contribution < 1.29 is 9.90 Å². The third-order valence-electron chi connectivity index (χ3n) is 5.24. The fourth-order valence-corrected chi connectivity index (χ4v) is 3.67. The molecule has 0 unspecified atom stereocenters. The normalized spacial score (nSPS) is 14.1. The minimum atomic E-state index is -0.0272. The lowest BCUT2D eigenvalue weighted by molar-refractivity contribution is -0.117. The van der Waals surface area contributed by atoms with Crippen LogP contribution in [0, 0.1) is 12.8 Å². The Kier molecular flexibility index (Phi) is 3.55. The predicted octanol–water partition coefficient (Wildman–Crippen LogP) is 3.63. The van der Waals surface area contributed by atoms with Crippen molar-refractivity contribution in [3.63, 3.8) is 0 Å². The number of hydrogen-bond acceptors (Lipinski definition) is 3. The monoisotopic (exact) mass is 360 g/mol. The standard InChI is InChI=1S/C21H20N4O2/c1-12-8-22-16-6-4-15(11-26)20(19(12)16)14-5-7-18-23-17(10-25(18)9-14)24-21(27)13-2-3-13/h4-10,13,22,26H,2-3,11H2,1H3,(H,24,27). The zero-order valence-electron chi connectivity index (χ0n) is 15.0. The fraction of sp³-hybridized carbons (Fsp3) is 0.238. The van der Waals surface area contributed by atoms with Gasteiger partial charge >= 0.3 is 0 Å². The van der Waals surface area contributed by atoms with Crippen molar-refractivity contribution in [2.75, 3.05) is 5.32 Å². The zero-order valence-corrected chi connectivity index (χ0v) is 15.0. The number of pyridine rings is 1. The molecule has 6 nitrogen and oxygen atoms in total. The van der Waals surface area contributed by atoms with Crippen LogP contribution in [0.25, 0.3) is 27.7 Å². The Morgan fingerprint density at radius 1 is 1.30 bits per heavy atom. The van der Waals surface area contributed by atoms with Gasteiger partial charge in [-0.15, -0.1) is 0 Å². The Bertz CT molecular complexity index is 1180. The lowest BCUT2D eigenvalue weighted by Crippen LogP contribution is -2.13. The van der Waals surface area contributed by atoms with Gasteiger partial charge in [0.05, 0.1) is 12.8 Å². The first-order chi connectivity index (χ1) is 13.1. The summed E-state index contributed by atoms with van der Waals surface area (Å²) in [6, 6.07) is 7.89. The molecule has 136 valence electrons. The van der Waals surface area contributed by atoms with Gasteiger partial charge in [0.2, 0.25) is 5.91 Å². The second-order valence-corrected chi connectivity index (χ2v) is 7.22. The van der Waals surface area contributed by atoms with Crippen LogP contribution < -0.4 is 5.32 Å². The van der Waals surface area contributed by atoms with E-state index in [1.54, 1.807) is 0 Å². The van der Waals surface area contributed by atoms with Gasteiger partial charge < -0.3 is 19.8 Å². The number of anilines is 1.